The number of aliphatic hydroxyl groups is 2. The van der Waals surface area contributed by atoms with Gasteiger partial charge in [0.05, 0.1) is 11.7 Å². The molecule has 0 aliphatic carbocycles. The van der Waals surface area contributed by atoms with E-state index in [0.717, 1.165) is 0 Å². The standard InChI is InChI=1S/C8H15O2/c1-4-5-6-7(9)8(2,3)10/h4-5,7,9-10H,1,6H2,2-3H3. The molecule has 0 spiro atoms. The highest BCUT2D eigenvalue weighted by Gasteiger charge is 2.22. The molecule has 0 aromatic carbocycles. The molecule has 0 heterocycles. The van der Waals surface area contributed by atoms with E-state index in [2.05, 4.69) is 6.92 Å². The predicted molar refractivity (Wildman–Crippen MR) is 41.4 cm³/mol. The van der Waals surface area contributed by atoms with Crippen LogP contribution in [0.3, 0.4) is 0 Å². The number of aliphatic hydroxyl groups excluding tert-OH is 1. The van der Waals surface area contributed by atoms with Crippen molar-refractivity contribution in [3.05, 3.63) is 19.1 Å². The lowest BCUT2D eigenvalue weighted by Gasteiger charge is -2.22. The van der Waals surface area contributed by atoms with E-state index in [1.165, 1.54) is 0 Å². The van der Waals surface area contributed by atoms with Crippen molar-refractivity contribution in [1.29, 1.82) is 0 Å². The molecule has 0 fully saturated rings. The van der Waals surface area contributed by atoms with Crippen LogP contribution in [-0.2, 0) is 0 Å². The van der Waals surface area contributed by atoms with Crippen molar-refractivity contribution in [3.8, 4) is 0 Å². The van der Waals surface area contributed by atoms with Crippen molar-refractivity contribution in [2.24, 2.45) is 0 Å². The third-order valence-electron chi connectivity index (χ3n) is 1.34. The highest BCUT2D eigenvalue weighted by atomic mass is 16.3. The first kappa shape index (κ1) is 9.66. The molecule has 1 atom stereocenters. The van der Waals surface area contributed by atoms with Gasteiger partial charge in [-0.15, -0.1) is 0 Å². The second-order valence-corrected chi connectivity index (χ2v) is 2.88. The molecule has 1 radical (unpaired) electrons. The minimum absolute atomic E-state index is 0.451. The van der Waals surface area contributed by atoms with Crippen LogP contribution in [-0.4, -0.2) is 21.9 Å². The molecule has 59 valence electrons. The Kier molecular flexibility index (Phi) is 3.61. The number of hydrogen-bond acceptors (Lipinski definition) is 2. The number of allylic oxidation sites excluding steroid dienone is 1. The number of hydrogen-bond donors (Lipinski definition) is 2. The maximum Gasteiger partial charge on any atom is 0.0855 e. The fourth-order valence-electron chi connectivity index (χ4n) is 0.514. The van der Waals surface area contributed by atoms with Crippen LogP contribution in [0.25, 0.3) is 0 Å². The molecule has 0 saturated heterocycles. The van der Waals surface area contributed by atoms with Crippen molar-refractivity contribution in [2.75, 3.05) is 0 Å². The molecule has 0 amide bonds. The van der Waals surface area contributed by atoms with E-state index >= 15 is 0 Å². The normalized spacial score (nSPS) is 16.1. The van der Waals surface area contributed by atoms with Gasteiger partial charge < -0.3 is 10.2 Å². The Balaban J connectivity index is 3.73. The van der Waals surface area contributed by atoms with Crippen molar-refractivity contribution >= 4 is 0 Å². The summed E-state index contributed by atoms with van der Waals surface area (Å²) >= 11 is 0. The van der Waals surface area contributed by atoms with Gasteiger partial charge in [0.2, 0.25) is 0 Å². The van der Waals surface area contributed by atoms with Crippen LogP contribution in [0.1, 0.15) is 20.3 Å². The fourth-order valence-corrected chi connectivity index (χ4v) is 0.514. The molecular weight excluding hydrogens is 128 g/mol. The summed E-state index contributed by atoms with van der Waals surface area (Å²) in [6.07, 6.45) is 3.08. The summed E-state index contributed by atoms with van der Waals surface area (Å²) in [5.41, 5.74) is -1.01. The summed E-state index contributed by atoms with van der Waals surface area (Å²) in [7, 11) is 0. The van der Waals surface area contributed by atoms with E-state index in [1.807, 2.05) is 0 Å². The smallest absolute Gasteiger partial charge is 0.0855 e. The van der Waals surface area contributed by atoms with Gasteiger partial charge in [0.25, 0.3) is 0 Å². The van der Waals surface area contributed by atoms with Crippen LogP contribution in [0.4, 0.5) is 0 Å². The van der Waals surface area contributed by atoms with Crippen molar-refractivity contribution in [3.63, 3.8) is 0 Å². The monoisotopic (exact) mass is 143 g/mol. The second-order valence-electron chi connectivity index (χ2n) is 2.88. The SMILES string of the molecule is [CH2]C=CCC(O)C(C)(C)O. The maximum atomic E-state index is 9.21. The number of rotatable bonds is 3. The molecule has 0 bridgehead atoms. The summed E-state index contributed by atoms with van der Waals surface area (Å²) in [4.78, 5) is 0. The van der Waals surface area contributed by atoms with Gasteiger partial charge >= 0.3 is 0 Å². The summed E-state index contributed by atoms with van der Waals surface area (Å²) in [5, 5.41) is 18.4. The topological polar surface area (TPSA) is 40.5 Å². The average molecular weight is 143 g/mol. The largest absolute Gasteiger partial charge is 0.390 e. The zero-order valence-electron chi connectivity index (χ0n) is 6.54. The first-order valence-electron chi connectivity index (χ1n) is 3.33. The highest BCUT2D eigenvalue weighted by Crippen LogP contribution is 2.11. The molecule has 0 aromatic rings. The zero-order chi connectivity index (χ0) is 8.20. The molecule has 0 aliphatic rings. The first-order valence-corrected chi connectivity index (χ1v) is 3.33. The molecule has 2 N–H and O–H groups in total. The summed E-state index contributed by atoms with van der Waals surface area (Å²) in [6.45, 7) is 6.62. The molecule has 2 heteroatoms. The van der Waals surface area contributed by atoms with Gasteiger partial charge in [-0.05, 0) is 27.2 Å². The summed E-state index contributed by atoms with van der Waals surface area (Å²) in [5.74, 6) is 0. The molecule has 0 aromatic heterocycles. The van der Waals surface area contributed by atoms with E-state index in [0.29, 0.717) is 6.42 Å². The van der Waals surface area contributed by atoms with Crippen LogP contribution in [0.5, 0.6) is 0 Å². The molecule has 0 aliphatic heterocycles. The quantitative estimate of drug-likeness (QED) is 0.616. The van der Waals surface area contributed by atoms with Crippen molar-refractivity contribution in [1.82, 2.24) is 0 Å². The third kappa shape index (κ3) is 3.64. The predicted octanol–water partition coefficient (Wildman–Crippen LogP) is 0.899. The van der Waals surface area contributed by atoms with Crippen LogP contribution < -0.4 is 0 Å². The Labute approximate surface area is 62.2 Å². The van der Waals surface area contributed by atoms with E-state index in [9.17, 15) is 10.2 Å². The Morgan fingerprint density at radius 3 is 2.40 bits per heavy atom. The van der Waals surface area contributed by atoms with Crippen molar-refractivity contribution < 1.29 is 10.2 Å². The van der Waals surface area contributed by atoms with Crippen LogP contribution in [0, 0.1) is 6.92 Å². The molecule has 0 saturated carbocycles. The van der Waals surface area contributed by atoms with Gasteiger partial charge in [0.1, 0.15) is 0 Å². The fraction of sp³-hybridized carbons (Fsp3) is 0.625. The van der Waals surface area contributed by atoms with Crippen LogP contribution in [0.15, 0.2) is 12.2 Å². The average Bonchev–Trinajstić information content (AvgIpc) is 1.80. The third-order valence-corrected chi connectivity index (χ3v) is 1.34. The molecule has 10 heavy (non-hydrogen) atoms. The summed E-state index contributed by atoms with van der Waals surface area (Å²) in [6, 6.07) is 0. The maximum absolute atomic E-state index is 9.21. The lowest BCUT2D eigenvalue weighted by atomic mass is 9.99. The lowest BCUT2D eigenvalue weighted by Crippen LogP contribution is -2.35. The van der Waals surface area contributed by atoms with Crippen LogP contribution in [0.2, 0.25) is 0 Å². The van der Waals surface area contributed by atoms with Gasteiger partial charge in [0, 0.05) is 0 Å². The zero-order valence-corrected chi connectivity index (χ0v) is 6.54. The van der Waals surface area contributed by atoms with E-state index in [-0.39, 0.29) is 0 Å². The van der Waals surface area contributed by atoms with E-state index < -0.39 is 11.7 Å². The molecule has 1 unspecified atom stereocenters. The molecule has 2 nitrogen and oxygen atoms in total. The van der Waals surface area contributed by atoms with Gasteiger partial charge in [-0.2, -0.15) is 0 Å². The lowest BCUT2D eigenvalue weighted by molar-refractivity contribution is -0.0456. The first-order chi connectivity index (χ1) is 4.48. The minimum Gasteiger partial charge on any atom is -0.390 e. The Morgan fingerprint density at radius 1 is 1.60 bits per heavy atom. The van der Waals surface area contributed by atoms with Gasteiger partial charge in [-0.3, -0.25) is 0 Å². The minimum atomic E-state index is -1.01. The Morgan fingerprint density at radius 2 is 2.10 bits per heavy atom. The molecular formula is C8H15O2. The van der Waals surface area contributed by atoms with Gasteiger partial charge in [-0.25, -0.2) is 0 Å². The highest BCUT2D eigenvalue weighted by molar-refractivity contribution is 4.90. The molecule has 0 rings (SSSR count). The Hall–Kier alpha value is -0.340. The van der Waals surface area contributed by atoms with Crippen molar-refractivity contribution in [2.45, 2.75) is 32.0 Å². The summed E-state index contributed by atoms with van der Waals surface area (Å²) < 4.78 is 0. The second kappa shape index (κ2) is 3.74. The Bertz CT molecular complexity index is 111. The van der Waals surface area contributed by atoms with Gasteiger partial charge in [-0.1, -0.05) is 12.2 Å². The van der Waals surface area contributed by atoms with Crippen LogP contribution >= 0.6 is 0 Å². The van der Waals surface area contributed by atoms with E-state index in [1.54, 1.807) is 26.0 Å². The van der Waals surface area contributed by atoms with E-state index in [4.69, 9.17) is 0 Å². The van der Waals surface area contributed by atoms with Gasteiger partial charge in [0.15, 0.2) is 0 Å².